The van der Waals surface area contributed by atoms with E-state index < -0.39 is 5.54 Å². The fourth-order valence-corrected chi connectivity index (χ4v) is 3.78. The molecular formula is C14H18BrClFN. The molecule has 18 heavy (non-hydrogen) atoms. The van der Waals surface area contributed by atoms with E-state index in [0.717, 1.165) is 19.3 Å². The third kappa shape index (κ3) is 2.59. The minimum Gasteiger partial charge on any atom is -0.321 e. The molecule has 100 valence electrons. The topological polar surface area (TPSA) is 26.0 Å². The van der Waals surface area contributed by atoms with Gasteiger partial charge in [0.15, 0.2) is 0 Å². The lowest BCUT2D eigenvalue weighted by atomic mass is 9.69. The van der Waals surface area contributed by atoms with Crippen molar-refractivity contribution in [1.82, 2.24) is 0 Å². The lowest BCUT2D eigenvalue weighted by Gasteiger charge is -2.40. The van der Waals surface area contributed by atoms with E-state index in [9.17, 15) is 4.39 Å². The zero-order valence-corrected chi connectivity index (χ0v) is 13.0. The van der Waals surface area contributed by atoms with Gasteiger partial charge in [0, 0.05) is 15.6 Å². The Morgan fingerprint density at radius 1 is 1.33 bits per heavy atom. The van der Waals surface area contributed by atoms with E-state index in [4.69, 9.17) is 17.3 Å². The minimum atomic E-state index is -0.592. The van der Waals surface area contributed by atoms with Crippen LogP contribution in [0.5, 0.6) is 0 Å². The molecule has 1 aliphatic carbocycles. The van der Waals surface area contributed by atoms with Gasteiger partial charge in [-0.25, -0.2) is 4.39 Å². The van der Waals surface area contributed by atoms with Gasteiger partial charge in [0.25, 0.3) is 0 Å². The molecule has 1 aromatic carbocycles. The average molecular weight is 335 g/mol. The van der Waals surface area contributed by atoms with Gasteiger partial charge >= 0.3 is 0 Å². The Kier molecular flexibility index (Phi) is 4.05. The van der Waals surface area contributed by atoms with E-state index in [0.29, 0.717) is 21.9 Å². The molecule has 0 aromatic heterocycles. The van der Waals surface area contributed by atoms with Gasteiger partial charge < -0.3 is 5.73 Å². The van der Waals surface area contributed by atoms with E-state index in [1.165, 1.54) is 0 Å². The minimum absolute atomic E-state index is 0.128. The number of halogens is 3. The van der Waals surface area contributed by atoms with Gasteiger partial charge in [0.05, 0.1) is 5.02 Å². The standard InChI is InChI=1S/C14H18BrClFN/c1-8-5-9(2)7-14(18,6-8)10-3-4-11(15)12(16)13(10)17/h3-4,8-9H,5-7,18H2,1-2H3. The summed E-state index contributed by atoms with van der Waals surface area (Å²) >= 11 is 9.19. The summed E-state index contributed by atoms with van der Waals surface area (Å²) in [6.07, 6.45) is 2.78. The van der Waals surface area contributed by atoms with Crippen molar-refractivity contribution in [3.05, 3.63) is 33.0 Å². The van der Waals surface area contributed by atoms with Crippen molar-refractivity contribution in [3.8, 4) is 0 Å². The summed E-state index contributed by atoms with van der Waals surface area (Å²) in [5.41, 5.74) is 6.43. The molecular weight excluding hydrogens is 317 g/mol. The second kappa shape index (κ2) is 5.10. The number of nitrogens with two attached hydrogens (primary N) is 1. The first kappa shape index (κ1) is 14.3. The molecule has 0 amide bonds. The molecule has 1 aliphatic rings. The molecule has 4 heteroatoms. The van der Waals surface area contributed by atoms with E-state index in [1.807, 2.05) is 0 Å². The fourth-order valence-electron chi connectivity index (χ4n) is 3.31. The maximum atomic E-state index is 14.3. The first-order chi connectivity index (χ1) is 8.33. The highest BCUT2D eigenvalue weighted by Gasteiger charge is 2.38. The molecule has 1 nitrogen and oxygen atoms in total. The second-order valence-corrected chi connectivity index (χ2v) is 6.97. The normalized spacial score (nSPS) is 32.6. The van der Waals surface area contributed by atoms with Gasteiger partial charge in [-0.1, -0.05) is 31.5 Å². The van der Waals surface area contributed by atoms with Crippen LogP contribution in [0.1, 0.15) is 38.7 Å². The number of hydrogen-bond donors (Lipinski definition) is 1. The van der Waals surface area contributed by atoms with Crippen molar-refractivity contribution in [2.24, 2.45) is 17.6 Å². The Hall–Kier alpha value is -0.120. The van der Waals surface area contributed by atoms with Crippen LogP contribution in [0.3, 0.4) is 0 Å². The summed E-state index contributed by atoms with van der Waals surface area (Å²) in [6.45, 7) is 4.35. The monoisotopic (exact) mass is 333 g/mol. The summed E-state index contributed by atoms with van der Waals surface area (Å²) in [4.78, 5) is 0. The molecule has 1 aromatic rings. The quantitative estimate of drug-likeness (QED) is 0.730. The average Bonchev–Trinajstić information content (AvgIpc) is 2.23. The highest BCUT2D eigenvalue weighted by atomic mass is 79.9. The summed E-state index contributed by atoms with van der Waals surface area (Å²) in [6, 6.07) is 3.54. The first-order valence-corrected chi connectivity index (χ1v) is 7.43. The smallest absolute Gasteiger partial charge is 0.147 e. The Morgan fingerprint density at radius 3 is 2.44 bits per heavy atom. The van der Waals surface area contributed by atoms with Crippen LogP contribution in [0.25, 0.3) is 0 Å². The van der Waals surface area contributed by atoms with Gasteiger partial charge in [-0.2, -0.15) is 0 Å². The lowest BCUT2D eigenvalue weighted by Crippen LogP contribution is -2.44. The molecule has 0 spiro atoms. The van der Waals surface area contributed by atoms with Crippen LogP contribution in [0.15, 0.2) is 16.6 Å². The van der Waals surface area contributed by atoms with Crippen molar-refractivity contribution >= 4 is 27.5 Å². The largest absolute Gasteiger partial charge is 0.321 e. The molecule has 2 rings (SSSR count). The van der Waals surface area contributed by atoms with Crippen molar-refractivity contribution in [2.45, 2.75) is 38.6 Å². The van der Waals surface area contributed by atoms with Crippen molar-refractivity contribution in [3.63, 3.8) is 0 Å². The first-order valence-electron chi connectivity index (χ1n) is 6.26. The molecule has 1 saturated carbocycles. The summed E-state index contributed by atoms with van der Waals surface area (Å²) in [5.74, 6) is 0.649. The molecule has 2 unspecified atom stereocenters. The molecule has 1 fully saturated rings. The maximum absolute atomic E-state index is 14.3. The summed E-state index contributed by atoms with van der Waals surface area (Å²) in [7, 11) is 0. The van der Waals surface area contributed by atoms with Crippen LogP contribution in [0.4, 0.5) is 4.39 Å². The van der Waals surface area contributed by atoms with Gasteiger partial charge in [-0.15, -0.1) is 0 Å². The van der Waals surface area contributed by atoms with E-state index in [2.05, 4.69) is 29.8 Å². The van der Waals surface area contributed by atoms with Crippen LogP contribution in [-0.4, -0.2) is 0 Å². The highest BCUT2D eigenvalue weighted by Crippen LogP contribution is 2.43. The van der Waals surface area contributed by atoms with Gasteiger partial charge in [0.1, 0.15) is 5.82 Å². The molecule has 0 radical (unpaired) electrons. The SMILES string of the molecule is CC1CC(C)CC(N)(c2ccc(Br)c(Cl)c2F)C1. The number of benzene rings is 1. The zero-order chi connectivity index (χ0) is 13.5. The molecule has 0 saturated heterocycles. The summed E-state index contributed by atoms with van der Waals surface area (Å²) < 4.78 is 14.9. The van der Waals surface area contributed by atoms with E-state index >= 15 is 0 Å². The van der Waals surface area contributed by atoms with Crippen molar-refractivity contribution < 1.29 is 4.39 Å². The number of hydrogen-bond acceptors (Lipinski definition) is 1. The summed E-state index contributed by atoms with van der Waals surface area (Å²) in [5, 5.41) is 0.128. The van der Waals surface area contributed by atoms with Crippen LogP contribution in [0, 0.1) is 17.7 Å². The molecule has 0 bridgehead atoms. The van der Waals surface area contributed by atoms with Crippen LogP contribution < -0.4 is 5.73 Å². The van der Waals surface area contributed by atoms with Gasteiger partial charge in [-0.3, -0.25) is 0 Å². The molecule has 2 atom stereocenters. The predicted molar refractivity (Wildman–Crippen MR) is 77.2 cm³/mol. The highest BCUT2D eigenvalue weighted by molar-refractivity contribution is 9.10. The van der Waals surface area contributed by atoms with E-state index in [-0.39, 0.29) is 10.8 Å². The van der Waals surface area contributed by atoms with E-state index in [1.54, 1.807) is 12.1 Å². The number of rotatable bonds is 1. The van der Waals surface area contributed by atoms with Crippen LogP contribution >= 0.6 is 27.5 Å². The maximum Gasteiger partial charge on any atom is 0.147 e. The Balaban J connectivity index is 2.44. The second-order valence-electron chi connectivity index (χ2n) is 5.73. The Bertz CT molecular complexity index is 453. The van der Waals surface area contributed by atoms with Crippen LogP contribution in [0.2, 0.25) is 5.02 Å². The third-order valence-corrected chi connectivity index (χ3v) is 5.06. The van der Waals surface area contributed by atoms with Gasteiger partial charge in [-0.05, 0) is 53.1 Å². The molecule has 2 N–H and O–H groups in total. The van der Waals surface area contributed by atoms with Crippen LogP contribution in [-0.2, 0) is 5.54 Å². The zero-order valence-electron chi connectivity index (χ0n) is 10.6. The van der Waals surface area contributed by atoms with Crippen molar-refractivity contribution in [1.29, 1.82) is 0 Å². The molecule has 0 heterocycles. The lowest BCUT2D eigenvalue weighted by molar-refractivity contribution is 0.179. The van der Waals surface area contributed by atoms with Crippen molar-refractivity contribution in [2.75, 3.05) is 0 Å². The fraction of sp³-hybridized carbons (Fsp3) is 0.571. The predicted octanol–water partition coefficient (Wildman–Crippen LogP) is 4.85. The third-order valence-electron chi connectivity index (χ3n) is 3.80. The Morgan fingerprint density at radius 2 is 1.89 bits per heavy atom. The Labute approximate surface area is 121 Å². The van der Waals surface area contributed by atoms with Gasteiger partial charge in [0.2, 0.25) is 0 Å². The molecule has 0 aliphatic heterocycles.